The molecule has 0 saturated carbocycles. The lowest BCUT2D eigenvalue weighted by atomic mass is 9.87. The highest BCUT2D eigenvalue weighted by atomic mass is 19.1. The molecule has 2 aromatic rings. The predicted octanol–water partition coefficient (Wildman–Crippen LogP) is 8.16. The van der Waals surface area contributed by atoms with Gasteiger partial charge in [-0.1, -0.05) is 82.5 Å². The van der Waals surface area contributed by atoms with Crippen molar-refractivity contribution in [2.45, 2.75) is 65.0 Å². The van der Waals surface area contributed by atoms with E-state index in [4.69, 9.17) is 5.11 Å². The lowest BCUT2D eigenvalue weighted by Crippen LogP contribution is -2.37. The monoisotopic (exact) mass is 563 g/mol. The van der Waals surface area contributed by atoms with Crippen LogP contribution in [0.3, 0.4) is 0 Å². The average molecular weight is 564 g/mol. The molecule has 3 rings (SSSR count). The zero-order valence-electron chi connectivity index (χ0n) is 24.7. The molecule has 0 aliphatic carbocycles. The molecule has 3 unspecified atom stereocenters. The summed E-state index contributed by atoms with van der Waals surface area (Å²) < 4.78 is 13.3. The normalized spacial score (nSPS) is 17.0. The molecule has 0 radical (unpaired) electrons. The van der Waals surface area contributed by atoms with Crippen LogP contribution in [0.25, 0.3) is 0 Å². The van der Waals surface area contributed by atoms with Crippen molar-refractivity contribution in [1.82, 2.24) is 0 Å². The number of hydrogen-bond acceptors (Lipinski definition) is 4. The maximum absolute atomic E-state index is 13.3. The van der Waals surface area contributed by atoms with E-state index in [0.717, 1.165) is 23.3 Å². The fourth-order valence-electron chi connectivity index (χ4n) is 4.55. The number of rotatable bonds is 12. The van der Waals surface area contributed by atoms with Crippen molar-refractivity contribution in [2.75, 3.05) is 11.5 Å². The van der Waals surface area contributed by atoms with E-state index in [9.17, 15) is 19.4 Å². The minimum atomic E-state index is -0.783. The number of halogens is 1. The molecular weight excluding hydrogens is 517 g/mol. The first-order chi connectivity index (χ1) is 19.6. The van der Waals surface area contributed by atoms with Crippen LogP contribution in [0.2, 0.25) is 0 Å². The van der Waals surface area contributed by atoms with Gasteiger partial charge in [-0.15, -0.1) is 6.58 Å². The molecule has 1 amide bonds. The number of aliphatic hydroxyl groups is 3. The molecule has 41 heavy (non-hydrogen) atoms. The molecule has 1 saturated heterocycles. The summed E-state index contributed by atoms with van der Waals surface area (Å²) in [6.07, 6.45) is 4.84. The zero-order valence-corrected chi connectivity index (χ0v) is 24.7. The number of nitrogens with zero attached hydrogens (tertiary/aromatic N) is 1. The van der Waals surface area contributed by atoms with Gasteiger partial charge in [0.05, 0.1) is 18.8 Å². The fourth-order valence-corrected chi connectivity index (χ4v) is 4.55. The van der Waals surface area contributed by atoms with Crippen molar-refractivity contribution in [2.24, 2.45) is 5.92 Å². The number of benzene rings is 2. The SMILES string of the molecule is C=C(/C=C(/O)C(=C)C1C(CCC(O)c2ccc(F)cc2)CC(=O)N1c1ccccc1)CC(=C)CC.C=CCO.CC. The summed E-state index contributed by atoms with van der Waals surface area (Å²) in [7, 11) is 0. The second-order valence-electron chi connectivity index (χ2n) is 9.62. The number of aliphatic hydroxyl groups excluding tert-OH is 3. The van der Waals surface area contributed by atoms with Crippen LogP contribution in [0.5, 0.6) is 0 Å². The lowest BCUT2D eigenvalue weighted by Gasteiger charge is -2.30. The zero-order chi connectivity index (χ0) is 30.9. The van der Waals surface area contributed by atoms with Crippen LogP contribution in [-0.4, -0.2) is 33.9 Å². The highest BCUT2D eigenvalue weighted by Crippen LogP contribution is 2.39. The Balaban J connectivity index is 0.00000129. The summed E-state index contributed by atoms with van der Waals surface area (Å²) in [6.45, 7) is 21.5. The maximum atomic E-state index is 13.3. The highest BCUT2D eigenvalue weighted by molar-refractivity contribution is 5.97. The molecule has 1 heterocycles. The number of carbonyl (C=O) groups excluding carboxylic acids is 1. The van der Waals surface area contributed by atoms with Gasteiger partial charge in [0.25, 0.3) is 0 Å². The van der Waals surface area contributed by atoms with Crippen molar-refractivity contribution >= 4 is 11.6 Å². The van der Waals surface area contributed by atoms with E-state index in [1.54, 1.807) is 23.1 Å². The van der Waals surface area contributed by atoms with Gasteiger partial charge in [-0.3, -0.25) is 4.79 Å². The Morgan fingerprint density at radius 2 is 1.68 bits per heavy atom. The summed E-state index contributed by atoms with van der Waals surface area (Å²) in [5.74, 6) is -0.596. The van der Waals surface area contributed by atoms with E-state index in [1.807, 2.05) is 51.1 Å². The van der Waals surface area contributed by atoms with Gasteiger partial charge in [-0.2, -0.15) is 0 Å². The Morgan fingerprint density at radius 3 is 2.22 bits per heavy atom. The van der Waals surface area contributed by atoms with Gasteiger partial charge in [0.2, 0.25) is 5.91 Å². The second-order valence-corrected chi connectivity index (χ2v) is 9.62. The Bertz CT molecular complexity index is 1170. The molecular formula is C35H46FNO4. The van der Waals surface area contributed by atoms with Gasteiger partial charge in [-0.25, -0.2) is 4.39 Å². The molecule has 222 valence electrons. The minimum absolute atomic E-state index is 0.0105. The minimum Gasteiger partial charge on any atom is -0.508 e. The predicted molar refractivity (Wildman–Crippen MR) is 168 cm³/mol. The summed E-state index contributed by atoms with van der Waals surface area (Å²) in [4.78, 5) is 14.8. The molecule has 0 bridgehead atoms. The third-order valence-electron chi connectivity index (χ3n) is 6.66. The fraction of sp³-hybridized carbons (Fsp3) is 0.343. The van der Waals surface area contributed by atoms with Gasteiger partial charge >= 0.3 is 0 Å². The van der Waals surface area contributed by atoms with E-state index in [1.165, 1.54) is 18.2 Å². The van der Waals surface area contributed by atoms with Gasteiger partial charge in [0, 0.05) is 17.7 Å². The number of hydrogen-bond donors (Lipinski definition) is 3. The molecule has 1 aliphatic rings. The molecule has 6 heteroatoms. The summed E-state index contributed by atoms with van der Waals surface area (Å²) in [5.41, 5.74) is 3.52. The number of carbonyl (C=O) groups is 1. The second kappa shape index (κ2) is 18.6. The molecule has 0 aromatic heterocycles. The molecule has 3 N–H and O–H groups in total. The van der Waals surface area contributed by atoms with E-state index in [-0.39, 0.29) is 36.4 Å². The smallest absolute Gasteiger partial charge is 0.227 e. The third-order valence-corrected chi connectivity index (χ3v) is 6.66. The van der Waals surface area contributed by atoms with Gasteiger partial charge in [0.1, 0.15) is 11.6 Å². The third kappa shape index (κ3) is 11.0. The number of amides is 1. The lowest BCUT2D eigenvalue weighted by molar-refractivity contribution is -0.117. The van der Waals surface area contributed by atoms with E-state index < -0.39 is 12.1 Å². The van der Waals surface area contributed by atoms with Gasteiger partial charge < -0.3 is 20.2 Å². The van der Waals surface area contributed by atoms with Crippen LogP contribution >= 0.6 is 0 Å². The van der Waals surface area contributed by atoms with Crippen LogP contribution in [0.4, 0.5) is 10.1 Å². The van der Waals surface area contributed by atoms with E-state index >= 15 is 0 Å². The molecule has 1 aliphatic heterocycles. The van der Waals surface area contributed by atoms with E-state index in [2.05, 4.69) is 26.3 Å². The summed E-state index contributed by atoms with van der Waals surface area (Å²) in [5, 5.41) is 29.3. The van der Waals surface area contributed by atoms with Crippen molar-refractivity contribution < 1.29 is 24.5 Å². The van der Waals surface area contributed by atoms with Crippen LogP contribution < -0.4 is 4.90 Å². The standard InChI is InChI=1S/C30H34FNO3.C3H6O.C2H6/c1-5-20(2)17-21(3)18-28(34)22(4)30-24(13-16-27(33)23-11-14-25(31)15-12-23)19-29(35)32(30)26-9-7-6-8-10-26;1-2-3-4;1-2/h6-12,14-15,18,24,27,30,33-34H,2-5,13,16-17,19H2,1H3;2,4H,1,3H2;1-2H3/b28-18+;;. The topological polar surface area (TPSA) is 81.0 Å². The maximum Gasteiger partial charge on any atom is 0.227 e. The Kier molecular flexibility index (Phi) is 16.0. The quantitative estimate of drug-likeness (QED) is 0.138. The number of anilines is 1. The van der Waals surface area contributed by atoms with Crippen molar-refractivity contribution in [3.05, 3.63) is 127 Å². The Hall–Kier alpha value is -3.74. The van der Waals surface area contributed by atoms with Crippen molar-refractivity contribution in [1.29, 1.82) is 0 Å². The summed E-state index contributed by atoms with van der Waals surface area (Å²) in [6, 6.07) is 14.6. The largest absolute Gasteiger partial charge is 0.508 e. The summed E-state index contributed by atoms with van der Waals surface area (Å²) >= 11 is 0. The molecule has 2 aromatic carbocycles. The van der Waals surface area contributed by atoms with Crippen LogP contribution in [-0.2, 0) is 4.79 Å². The average Bonchev–Trinajstić information content (AvgIpc) is 3.32. The van der Waals surface area contributed by atoms with Crippen molar-refractivity contribution in [3.8, 4) is 0 Å². The van der Waals surface area contributed by atoms with Crippen LogP contribution in [0.15, 0.2) is 116 Å². The van der Waals surface area contributed by atoms with Crippen molar-refractivity contribution in [3.63, 3.8) is 0 Å². The van der Waals surface area contributed by atoms with E-state index in [0.29, 0.717) is 30.4 Å². The van der Waals surface area contributed by atoms with Crippen LogP contribution in [0, 0.1) is 11.7 Å². The highest BCUT2D eigenvalue weighted by Gasteiger charge is 2.42. The molecule has 5 nitrogen and oxygen atoms in total. The number of para-hydroxylation sites is 1. The first kappa shape index (κ1) is 35.3. The molecule has 1 fully saturated rings. The molecule has 0 spiro atoms. The van der Waals surface area contributed by atoms with Gasteiger partial charge in [0.15, 0.2) is 0 Å². The molecule has 3 atom stereocenters. The first-order valence-corrected chi connectivity index (χ1v) is 14.1. The Labute approximate surface area is 245 Å². The number of allylic oxidation sites excluding steroid dienone is 3. The Morgan fingerprint density at radius 1 is 1.10 bits per heavy atom. The first-order valence-electron chi connectivity index (χ1n) is 14.1. The van der Waals surface area contributed by atoms with Gasteiger partial charge in [-0.05, 0) is 73.1 Å². The van der Waals surface area contributed by atoms with Crippen LogP contribution in [0.1, 0.15) is 64.5 Å².